The van der Waals surface area contributed by atoms with Crippen molar-refractivity contribution < 1.29 is 14.3 Å². The van der Waals surface area contributed by atoms with E-state index >= 15 is 0 Å². The number of benzene rings is 2. The lowest BCUT2D eigenvalue weighted by molar-refractivity contribution is -0.140. The highest BCUT2D eigenvalue weighted by Crippen LogP contribution is 2.37. The molecule has 1 saturated heterocycles. The van der Waals surface area contributed by atoms with Crippen LogP contribution in [0.1, 0.15) is 35.8 Å². The summed E-state index contributed by atoms with van der Waals surface area (Å²) >= 11 is 14.7. The first-order valence-corrected chi connectivity index (χ1v) is 13.4. The number of halogens is 2. The monoisotopic (exact) mass is 545 g/mol. The highest BCUT2D eigenvalue weighted by Gasteiger charge is 2.30. The summed E-state index contributed by atoms with van der Waals surface area (Å²) in [6.45, 7) is 3.21. The number of thioether (sulfide) groups is 1. The average Bonchev–Trinajstić information content (AvgIpc) is 3.26. The fourth-order valence-electron chi connectivity index (χ4n) is 4.29. The summed E-state index contributed by atoms with van der Waals surface area (Å²) in [7, 11) is 1.38. The molecule has 0 aliphatic carbocycles. The maximum absolute atomic E-state index is 12.0. The Hall–Kier alpha value is -2.43. The SMILES string of the molecule is COC(=O)CC[C@@H]1N=C(c2ccccc2Cl)c2cc(Cl)ccc2-n2c(SCN3CCOCC3)nnc21. The van der Waals surface area contributed by atoms with Crippen molar-refractivity contribution in [2.24, 2.45) is 4.99 Å². The van der Waals surface area contributed by atoms with Crippen LogP contribution < -0.4 is 0 Å². The fraction of sp³-hybridized carbons (Fsp3) is 0.360. The third-order valence-corrected chi connectivity index (χ3v) is 7.74. The van der Waals surface area contributed by atoms with E-state index in [4.69, 9.17) is 37.7 Å². The standard InChI is InChI=1S/C25H25Cl2N5O3S/c1-34-22(33)9-7-20-24-29-30-25(36-15-31-10-12-35-13-11-31)32(24)21-8-6-16(26)14-18(21)23(28-20)17-4-2-3-5-19(17)27/h2-6,8,14,20H,7,9-13,15H2,1H3/t20-/m0/s1. The van der Waals surface area contributed by atoms with Crippen molar-refractivity contribution in [2.45, 2.75) is 24.0 Å². The molecule has 8 nitrogen and oxygen atoms in total. The zero-order valence-electron chi connectivity index (χ0n) is 19.7. The first-order valence-electron chi connectivity index (χ1n) is 11.6. The topological polar surface area (TPSA) is 81.8 Å². The second kappa shape index (κ2) is 11.3. The Labute approximate surface area is 223 Å². The molecule has 2 aliphatic heterocycles. The number of rotatable bonds is 7. The molecule has 1 aromatic heterocycles. The maximum Gasteiger partial charge on any atom is 0.305 e. The van der Waals surface area contributed by atoms with E-state index in [0.29, 0.717) is 28.0 Å². The van der Waals surface area contributed by atoms with Crippen molar-refractivity contribution in [3.05, 3.63) is 69.5 Å². The predicted molar refractivity (Wildman–Crippen MR) is 141 cm³/mol. The Morgan fingerprint density at radius 3 is 2.72 bits per heavy atom. The molecule has 0 saturated carbocycles. The number of fused-ring (bicyclic) bond motifs is 3. The van der Waals surface area contributed by atoms with Crippen LogP contribution in [-0.2, 0) is 14.3 Å². The van der Waals surface area contributed by atoms with Gasteiger partial charge in [-0.25, -0.2) is 0 Å². The molecule has 3 aromatic rings. The van der Waals surface area contributed by atoms with Crippen LogP contribution in [0.25, 0.3) is 5.69 Å². The molecule has 3 heterocycles. The van der Waals surface area contributed by atoms with Gasteiger partial charge >= 0.3 is 5.97 Å². The van der Waals surface area contributed by atoms with E-state index in [9.17, 15) is 4.79 Å². The number of ether oxygens (including phenoxy) is 2. The summed E-state index contributed by atoms with van der Waals surface area (Å²) in [6.07, 6.45) is 0.606. The van der Waals surface area contributed by atoms with Gasteiger partial charge in [-0.05, 0) is 30.7 Å². The summed E-state index contributed by atoms with van der Waals surface area (Å²) < 4.78 is 12.4. The van der Waals surface area contributed by atoms with Crippen molar-refractivity contribution in [1.82, 2.24) is 19.7 Å². The van der Waals surface area contributed by atoms with Crippen molar-refractivity contribution in [3.63, 3.8) is 0 Å². The molecule has 1 atom stereocenters. The number of esters is 1. The Morgan fingerprint density at radius 1 is 1.14 bits per heavy atom. The number of methoxy groups -OCH3 is 1. The molecule has 0 amide bonds. The lowest BCUT2D eigenvalue weighted by atomic mass is 10.00. The third-order valence-electron chi connectivity index (χ3n) is 6.15. The molecule has 0 bridgehead atoms. The quantitative estimate of drug-likeness (QED) is 0.311. The van der Waals surface area contributed by atoms with Crippen molar-refractivity contribution >= 4 is 46.6 Å². The van der Waals surface area contributed by atoms with Crippen LogP contribution in [0.2, 0.25) is 10.0 Å². The molecule has 0 N–H and O–H groups in total. The van der Waals surface area contributed by atoms with Gasteiger partial charge in [0.1, 0.15) is 6.04 Å². The summed E-state index contributed by atoms with van der Waals surface area (Å²) in [5, 5.41) is 11.0. The van der Waals surface area contributed by atoms with Gasteiger partial charge in [-0.2, -0.15) is 0 Å². The predicted octanol–water partition coefficient (Wildman–Crippen LogP) is 4.80. The molecule has 0 unspecified atom stereocenters. The van der Waals surface area contributed by atoms with E-state index in [2.05, 4.69) is 15.1 Å². The van der Waals surface area contributed by atoms with Gasteiger partial charge in [-0.1, -0.05) is 53.2 Å². The van der Waals surface area contributed by atoms with Gasteiger partial charge < -0.3 is 9.47 Å². The number of hydrogen-bond acceptors (Lipinski definition) is 8. The molecule has 0 radical (unpaired) electrons. The Kier molecular flexibility index (Phi) is 7.93. The lowest BCUT2D eigenvalue weighted by Gasteiger charge is -2.25. The van der Waals surface area contributed by atoms with E-state index < -0.39 is 6.04 Å². The van der Waals surface area contributed by atoms with E-state index in [1.807, 2.05) is 47.0 Å². The van der Waals surface area contributed by atoms with Crippen LogP contribution in [-0.4, -0.2) is 70.6 Å². The van der Waals surface area contributed by atoms with E-state index in [1.54, 1.807) is 11.8 Å². The van der Waals surface area contributed by atoms with Crippen LogP contribution in [0, 0.1) is 0 Å². The fourth-order valence-corrected chi connectivity index (χ4v) is 5.66. The van der Waals surface area contributed by atoms with E-state index in [1.165, 1.54) is 7.11 Å². The summed E-state index contributed by atoms with van der Waals surface area (Å²) in [5.41, 5.74) is 3.17. The minimum Gasteiger partial charge on any atom is -0.469 e. The first-order chi connectivity index (χ1) is 17.5. The van der Waals surface area contributed by atoms with Crippen LogP contribution in [0.3, 0.4) is 0 Å². The highest BCUT2D eigenvalue weighted by atomic mass is 35.5. The molecule has 2 aliphatic rings. The number of nitrogens with zero attached hydrogens (tertiary/aromatic N) is 5. The first kappa shape index (κ1) is 25.2. The third kappa shape index (κ3) is 5.31. The highest BCUT2D eigenvalue weighted by molar-refractivity contribution is 7.99. The molecule has 11 heteroatoms. The second-order valence-electron chi connectivity index (χ2n) is 8.43. The smallest absolute Gasteiger partial charge is 0.305 e. The zero-order valence-corrected chi connectivity index (χ0v) is 22.0. The average molecular weight is 546 g/mol. The summed E-state index contributed by atoms with van der Waals surface area (Å²) in [4.78, 5) is 19.5. The number of morpholine rings is 1. The Bertz CT molecular complexity index is 1290. The molecular weight excluding hydrogens is 521 g/mol. The van der Waals surface area contributed by atoms with Gasteiger partial charge in [0.05, 0.1) is 37.6 Å². The number of aliphatic imine (C=N–C) groups is 1. The number of aromatic nitrogens is 3. The lowest BCUT2D eigenvalue weighted by Crippen LogP contribution is -2.35. The minimum absolute atomic E-state index is 0.195. The molecular formula is C25H25Cl2N5O3S. The van der Waals surface area contributed by atoms with E-state index in [0.717, 1.165) is 54.2 Å². The van der Waals surface area contributed by atoms with Gasteiger partial charge in [0, 0.05) is 40.7 Å². The van der Waals surface area contributed by atoms with Crippen molar-refractivity contribution in [3.8, 4) is 5.69 Å². The Balaban J connectivity index is 1.61. The van der Waals surface area contributed by atoms with Crippen LogP contribution in [0.5, 0.6) is 0 Å². The molecule has 36 heavy (non-hydrogen) atoms. The summed E-state index contributed by atoms with van der Waals surface area (Å²) in [6, 6.07) is 12.8. The maximum atomic E-state index is 12.0. The molecule has 1 fully saturated rings. The number of carbonyl (C=O) groups is 1. The van der Waals surface area contributed by atoms with Gasteiger partial charge in [-0.3, -0.25) is 19.3 Å². The van der Waals surface area contributed by atoms with Crippen molar-refractivity contribution in [1.29, 1.82) is 0 Å². The molecule has 188 valence electrons. The van der Waals surface area contributed by atoms with E-state index in [-0.39, 0.29) is 12.4 Å². The van der Waals surface area contributed by atoms with Gasteiger partial charge in [0.15, 0.2) is 11.0 Å². The van der Waals surface area contributed by atoms with Gasteiger partial charge in [0.25, 0.3) is 0 Å². The number of carbonyl (C=O) groups excluding carboxylic acids is 1. The molecule has 2 aromatic carbocycles. The van der Waals surface area contributed by atoms with Gasteiger partial charge in [0.2, 0.25) is 0 Å². The molecule has 5 rings (SSSR count). The van der Waals surface area contributed by atoms with Crippen LogP contribution in [0.4, 0.5) is 0 Å². The van der Waals surface area contributed by atoms with Crippen molar-refractivity contribution in [2.75, 3.05) is 39.3 Å². The summed E-state index contributed by atoms with van der Waals surface area (Å²) in [5.74, 6) is 1.12. The number of hydrogen-bond donors (Lipinski definition) is 0. The van der Waals surface area contributed by atoms with Crippen LogP contribution in [0.15, 0.2) is 52.6 Å². The Morgan fingerprint density at radius 2 is 1.94 bits per heavy atom. The van der Waals surface area contributed by atoms with Crippen LogP contribution >= 0.6 is 35.0 Å². The van der Waals surface area contributed by atoms with Gasteiger partial charge in [-0.15, -0.1) is 10.2 Å². The zero-order chi connectivity index (χ0) is 25.1. The minimum atomic E-state index is -0.438. The normalized spacial score (nSPS) is 17.6. The second-order valence-corrected chi connectivity index (χ2v) is 10.2. The molecule has 0 spiro atoms. The largest absolute Gasteiger partial charge is 0.469 e.